The number of rotatable bonds is 6. The number of aryl methyl sites for hydroxylation is 1. The molecule has 0 bridgehead atoms. The second-order valence-electron chi connectivity index (χ2n) is 4.58. The van der Waals surface area contributed by atoms with Crippen LogP contribution in [0.15, 0.2) is 41.8 Å². The molecule has 0 spiro atoms. The highest BCUT2D eigenvalue weighted by molar-refractivity contribution is 7.92. The quantitative estimate of drug-likeness (QED) is 0.848. The van der Waals surface area contributed by atoms with Gasteiger partial charge in [-0.25, -0.2) is 4.98 Å². The molecular formula is C14H18N4O2S. The van der Waals surface area contributed by atoms with E-state index in [4.69, 9.17) is 0 Å². The van der Waals surface area contributed by atoms with Gasteiger partial charge in [0.25, 0.3) is 10.0 Å². The molecule has 112 valence electrons. The van der Waals surface area contributed by atoms with E-state index < -0.39 is 10.0 Å². The Morgan fingerprint density at radius 3 is 2.62 bits per heavy atom. The van der Waals surface area contributed by atoms with E-state index in [0.717, 1.165) is 17.7 Å². The highest BCUT2D eigenvalue weighted by atomic mass is 32.2. The maximum Gasteiger partial charge on any atom is 0.279 e. The summed E-state index contributed by atoms with van der Waals surface area (Å²) in [5, 5.41) is 3.15. The number of hydrogen-bond donors (Lipinski definition) is 2. The lowest BCUT2D eigenvalue weighted by Gasteiger charge is -2.09. The fourth-order valence-electron chi connectivity index (χ4n) is 1.71. The van der Waals surface area contributed by atoms with Gasteiger partial charge in [0.05, 0.1) is 11.9 Å². The van der Waals surface area contributed by atoms with Crippen LogP contribution in [-0.2, 0) is 16.6 Å². The predicted molar refractivity (Wildman–Crippen MR) is 81.4 cm³/mol. The standard InChI is InChI=1S/C14H18N4O2S/c1-3-15-8-12-4-5-14(17-9-12)21(19,20)18-13-10-16-7-6-11(13)2/h4-7,9-10,15,18H,3,8H2,1-2H3. The van der Waals surface area contributed by atoms with Crippen LogP contribution in [0.3, 0.4) is 0 Å². The Bertz CT molecular complexity index is 699. The van der Waals surface area contributed by atoms with Crippen molar-refractivity contribution < 1.29 is 8.42 Å². The molecule has 0 aromatic carbocycles. The summed E-state index contributed by atoms with van der Waals surface area (Å²) in [7, 11) is -3.69. The number of nitrogens with zero attached hydrogens (tertiary/aromatic N) is 2. The molecule has 0 saturated heterocycles. The molecule has 2 rings (SSSR count). The normalized spacial score (nSPS) is 11.3. The zero-order chi connectivity index (χ0) is 15.3. The average molecular weight is 306 g/mol. The molecule has 7 heteroatoms. The topological polar surface area (TPSA) is 84.0 Å². The zero-order valence-corrected chi connectivity index (χ0v) is 12.8. The van der Waals surface area contributed by atoms with Crippen molar-refractivity contribution in [2.75, 3.05) is 11.3 Å². The summed E-state index contributed by atoms with van der Waals surface area (Å²) in [4.78, 5) is 7.93. The van der Waals surface area contributed by atoms with E-state index in [0.29, 0.717) is 12.2 Å². The van der Waals surface area contributed by atoms with Crippen LogP contribution in [0.4, 0.5) is 5.69 Å². The van der Waals surface area contributed by atoms with Gasteiger partial charge in [-0.05, 0) is 36.7 Å². The molecule has 0 unspecified atom stereocenters. The minimum absolute atomic E-state index is 0.00833. The van der Waals surface area contributed by atoms with Gasteiger partial charge < -0.3 is 5.32 Å². The summed E-state index contributed by atoms with van der Waals surface area (Å²) in [6, 6.07) is 4.99. The molecule has 0 fully saturated rings. The van der Waals surface area contributed by atoms with E-state index in [1.165, 1.54) is 12.3 Å². The van der Waals surface area contributed by atoms with Crippen molar-refractivity contribution in [3.63, 3.8) is 0 Å². The van der Waals surface area contributed by atoms with Crippen molar-refractivity contribution in [1.29, 1.82) is 0 Å². The van der Waals surface area contributed by atoms with Crippen LogP contribution in [0, 0.1) is 6.92 Å². The number of pyridine rings is 2. The van der Waals surface area contributed by atoms with Crippen LogP contribution in [0.2, 0.25) is 0 Å². The Morgan fingerprint density at radius 2 is 2.00 bits per heavy atom. The van der Waals surface area contributed by atoms with Crippen molar-refractivity contribution in [3.05, 3.63) is 47.9 Å². The Kier molecular flexibility index (Phi) is 4.87. The third-order valence-electron chi connectivity index (χ3n) is 2.94. The van der Waals surface area contributed by atoms with E-state index in [-0.39, 0.29) is 5.03 Å². The van der Waals surface area contributed by atoms with E-state index in [1.807, 2.05) is 13.8 Å². The van der Waals surface area contributed by atoms with E-state index >= 15 is 0 Å². The van der Waals surface area contributed by atoms with Crippen LogP contribution >= 0.6 is 0 Å². The minimum Gasteiger partial charge on any atom is -0.313 e. The molecule has 0 aliphatic rings. The van der Waals surface area contributed by atoms with Gasteiger partial charge in [-0.15, -0.1) is 0 Å². The molecule has 0 radical (unpaired) electrons. The summed E-state index contributed by atoms with van der Waals surface area (Å²) in [6.45, 7) is 5.33. The van der Waals surface area contributed by atoms with Crippen molar-refractivity contribution in [3.8, 4) is 0 Å². The molecule has 2 aromatic rings. The highest BCUT2D eigenvalue weighted by Gasteiger charge is 2.16. The number of aromatic nitrogens is 2. The number of sulfonamides is 1. The lowest BCUT2D eigenvalue weighted by atomic mass is 10.3. The first-order valence-electron chi connectivity index (χ1n) is 6.62. The van der Waals surface area contributed by atoms with Crippen molar-refractivity contribution in [1.82, 2.24) is 15.3 Å². The Balaban J connectivity index is 2.18. The van der Waals surface area contributed by atoms with Gasteiger partial charge in [0.15, 0.2) is 5.03 Å². The predicted octanol–water partition coefficient (Wildman–Crippen LogP) is 1.70. The molecule has 0 atom stereocenters. The van der Waals surface area contributed by atoms with Crippen molar-refractivity contribution in [2.45, 2.75) is 25.4 Å². The first kappa shape index (κ1) is 15.4. The molecule has 0 aliphatic heterocycles. The summed E-state index contributed by atoms with van der Waals surface area (Å²) in [5.41, 5.74) is 2.20. The zero-order valence-electron chi connectivity index (χ0n) is 12.0. The van der Waals surface area contributed by atoms with E-state index in [2.05, 4.69) is 20.0 Å². The van der Waals surface area contributed by atoms with Crippen molar-refractivity contribution in [2.24, 2.45) is 0 Å². The molecule has 2 N–H and O–H groups in total. The first-order chi connectivity index (χ1) is 10.0. The van der Waals surface area contributed by atoms with Gasteiger partial charge in [0, 0.05) is 18.9 Å². The maximum absolute atomic E-state index is 12.3. The Morgan fingerprint density at radius 1 is 1.19 bits per heavy atom. The smallest absolute Gasteiger partial charge is 0.279 e. The molecule has 21 heavy (non-hydrogen) atoms. The van der Waals surface area contributed by atoms with Crippen LogP contribution in [0.5, 0.6) is 0 Å². The van der Waals surface area contributed by atoms with Gasteiger partial charge >= 0.3 is 0 Å². The van der Waals surface area contributed by atoms with Crippen LogP contribution in [0.1, 0.15) is 18.1 Å². The van der Waals surface area contributed by atoms with Crippen molar-refractivity contribution >= 4 is 15.7 Å². The first-order valence-corrected chi connectivity index (χ1v) is 8.10. The molecule has 0 saturated carbocycles. The van der Waals surface area contributed by atoms with Crippen LogP contribution in [-0.4, -0.2) is 24.9 Å². The molecular weight excluding hydrogens is 288 g/mol. The molecule has 2 aromatic heterocycles. The maximum atomic E-state index is 12.3. The van der Waals surface area contributed by atoms with Crippen LogP contribution in [0.25, 0.3) is 0 Å². The van der Waals surface area contributed by atoms with Gasteiger partial charge in [-0.3, -0.25) is 9.71 Å². The highest BCUT2D eigenvalue weighted by Crippen LogP contribution is 2.17. The van der Waals surface area contributed by atoms with Crippen LogP contribution < -0.4 is 10.0 Å². The summed E-state index contributed by atoms with van der Waals surface area (Å²) < 4.78 is 27.0. The van der Waals surface area contributed by atoms with Gasteiger partial charge in [0.1, 0.15) is 0 Å². The summed E-state index contributed by atoms with van der Waals surface area (Å²) >= 11 is 0. The Labute approximate surface area is 124 Å². The summed E-state index contributed by atoms with van der Waals surface area (Å²) in [6.07, 6.45) is 4.65. The average Bonchev–Trinajstić information content (AvgIpc) is 2.48. The number of hydrogen-bond acceptors (Lipinski definition) is 5. The lowest BCUT2D eigenvalue weighted by molar-refractivity contribution is 0.597. The molecule has 2 heterocycles. The van der Waals surface area contributed by atoms with Gasteiger partial charge in [0.2, 0.25) is 0 Å². The largest absolute Gasteiger partial charge is 0.313 e. The third-order valence-corrected chi connectivity index (χ3v) is 4.22. The minimum atomic E-state index is -3.69. The van der Waals surface area contributed by atoms with Gasteiger partial charge in [-0.2, -0.15) is 8.42 Å². The number of anilines is 1. The fourth-order valence-corrected chi connectivity index (χ4v) is 2.76. The second-order valence-corrected chi connectivity index (χ2v) is 6.21. The SMILES string of the molecule is CCNCc1ccc(S(=O)(=O)Nc2cnccc2C)nc1. The monoisotopic (exact) mass is 306 g/mol. The lowest BCUT2D eigenvalue weighted by Crippen LogP contribution is -2.16. The molecule has 0 aliphatic carbocycles. The van der Waals surface area contributed by atoms with E-state index in [1.54, 1.807) is 24.5 Å². The van der Waals surface area contributed by atoms with Gasteiger partial charge in [-0.1, -0.05) is 13.0 Å². The third kappa shape index (κ3) is 3.99. The molecule has 0 amide bonds. The fraction of sp³-hybridized carbons (Fsp3) is 0.286. The second kappa shape index (κ2) is 6.64. The number of nitrogens with one attached hydrogen (secondary N) is 2. The Hall–Kier alpha value is -1.99. The van der Waals surface area contributed by atoms with E-state index in [9.17, 15) is 8.42 Å². The molecule has 6 nitrogen and oxygen atoms in total. The summed E-state index contributed by atoms with van der Waals surface area (Å²) in [5.74, 6) is 0.